The van der Waals surface area contributed by atoms with Gasteiger partial charge in [-0.1, -0.05) is 30.7 Å². The first-order valence-electron chi connectivity index (χ1n) is 10.2. The molecule has 2 aliphatic rings. The maximum absolute atomic E-state index is 13.9. The SMILES string of the molecule is CCC(NC(=O)c1ccc(Cl)cc1)C1[C@H]2CC(n3cc4cccc(F)c4n3)C[C@@H]12. The van der Waals surface area contributed by atoms with Gasteiger partial charge in [0.05, 0.1) is 6.04 Å². The molecule has 1 amide bonds. The minimum atomic E-state index is -0.266. The topological polar surface area (TPSA) is 46.9 Å². The molecule has 5 rings (SSSR count). The molecule has 2 aliphatic carbocycles. The van der Waals surface area contributed by atoms with E-state index in [0.29, 0.717) is 39.9 Å². The van der Waals surface area contributed by atoms with Crippen molar-refractivity contribution in [2.45, 2.75) is 38.3 Å². The van der Waals surface area contributed by atoms with Crippen molar-refractivity contribution < 1.29 is 9.18 Å². The van der Waals surface area contributed by atoms with E-state index in [9.17, 15) is 9.18 Å². The van der Waals surface area contributed by atoms with E-state index in [1.54, 1.807) is 30.3 Å². The van der Waals surface area contributed by atoms with E-state index in [1.165, 1.54) is 6.07 Å². The van der Waals surface area contributed by atoms with Crippen molar-refractivity contribution in [3.8, 4) is 0 Å². The molecule has 0 radical (unpaired) electrons. The largest absolute Gasteiger partial charge is 0.349 e. The number of nitrogens with one attached hydrogen (secondary N) is 1. The fraction of sp³-hybridized carbons (Fsp3) is 0.391. The molecular weight excluding hydrogens is 389 g/mol. The summed E-state index contributed by atoms with van der Waals surface area (Å²) in [6.07, 6.45) is 4.96. The Morgan fingerprint density at radius 1 is 1.24 bits per heavy atom. The van der Waals surface area contributed by atoms with Crippen LogP contribution in [0.25, 0.3) is 10.9 Å². The van der Waals surface area contributed by atoms with Gasteiger partial charge < -0.3 is 5.32 Å². The zero-order valence-electron chi connectivity index (χ0n) is 16.2. The third kappa shape index (κ3) is 3.31. The molecule has 1 N–H and O–H groups in total. The van der Waals surface area contributed by atoms with E-state index in [0.717, 1.165) is 24.6 Å². The van der Waals surface area contributed by atoms with Gasteiger partial charge in [0.25, 0.3) is 5.91 Å². The average Bonchev–Trinajstić information content (AvgIpc) is 3.08. The second-order valence-electron chi connectivity index (χ2n) is 8.31. The van der Waals surface area contributed by atoms with Crippen molar-refractivity contribution in [1.82, 2.24) is 15.1 Å². The normalized spacial score (nSPS) is 26.3. The van der Waals surface area contributed by atoms with E-state index >= 15 is 0 Å². The number of amides is 1. The van der Waals surface area contributed by atoms with Crippen LogP contribution in [0.4, 0.5) is 4.39 Å². The molecule has 0 bridgehead atoms. The molecule has 2 aromatic carbocycles. The lowest BCUT2D eigenvalue weighted by Crippen LogP contribution is -2.37. The molecule has 29 heavy (non-hydrogen) atoms. The molecule has 0 aliphatic heterocycles. The standard InChI is InChI=1S/C23H23ClFN3O/c1-2-20(26-23(29)13-6-8-15(24)9-7-13)21-17-10-16(11-18(17)21)28-12-14-4-3-5-19(25)22(14)27-28/h3-9,12,16-18,20-21H,2,10-11H2,1H3,(H,26,29)/t16?,17-,18+,20?,21?. The molecule has 2 fully saturated rings. The Bertz CT molecular complexity index is 1050. The number of carbonyl (C=O) groups excluding carboxylic acids is 1. The number of nitrogens with zero attached hydrogens (tertiary/aromatic N) is 2. The van der Waals surface area contributed by atoms with Crippen LogP contribution in [0.3, 0.4) is 0 Å². The van der Waals surface area contributed by atoms with Crippen molar-refractivity contribution in [3.05, 3.63) is 65.1 Å². The Labute approximate surface area is 174 Å². The highest BCUT2D eigenvalue weighted by Gasteiger charge is 2.59. The maximum atomic E-state index is 13.9. The number of hydrogen-bond acceptors (Lipinski definition) is 2. The summed E-state index contributed by atoms with van der Waals surface area (Å²) >= 11 is 5.91. The van der Waals surface area contributed by atoms with E-state index in [-0.39, 0.29) is 17.8 Å². The van der Waals surface area contributed by atoms with Gasteiger partial charge in [-0.25, -0.2) is 4.39 Å². The molecule has 6 heteroatoms. The van der Waals surface area contributed by atoms with Crippen LogP contribution in [0.15, 0.2) is 48.7 Å². The molecule has 2 saturated carbocycles. The number of carbonyl (C=O) groups is 1. The Morgan fingerprint density at radius 2 is 1.97 bits per heavy atom. The predicted octanol–water partition coefficient (Wildman–Crippen LogP) is 5.23. The summed E-state index contributed by atoms with van der Waals surface area (Å²) in [5, 5.41) is 9.20. The lowest BCUT2D eigenvalue weighted by Gasteiger charge is -2.21. The number of fused-ring (bicyclic) bond motifs is 2. The Morgan fingerprint density at radius 3 is 2.62 bits per heavy atom. The van der Waals surface area contributed by atoms with Crippen LogP contribution in [0.1, 0.15) is 42.6 Å². The van der Waals surface area contributed by atoms with Crippen LogP contribution >= 0.6 is 11.6 Å². The fourth-order valence-electron chi connectivity index (χ4n) is 5.21. The highest BCUT2D eigenvalue weighted by Crippen LogP contribution is 2.62. The Kier molecular flexibility index (Phi) is 4.58. The molecule has 150 valence electrons. The van der Waals surface area contributed by atoms with Gasteiger partial charge >= 0.3 is 0 Å². The monoisotopic (exact) mass is 411 g/mol. The van der Waals surface area contributed by atoms with Gasteiger partial charge in [-0.15, -0.1) is 0 Å². The van der Waals surface area contributed by atoms with Crippen molar-refractivity contribution >= 4 is 28.4 Å². The lowest BCUT2D eigenvalue weighted by molar-refractivity contribution is 0.0926. The number of rotatable bonds is 5. The number of aromatic nitrogens is 2. The minimum absolute atomic E-state index is 0.0381. The first-order valence-corrected chi connectivity index (χ1v) is 10.6. The van der Waals surface area contributed by atoms with E-state index in [4.69, 9.17) is 11.6 Å². The van der Waals surface area contributed by atoms with Gasteiger partial charge in [0.15, 0.2) is 5.82 Å². The van der Waals surface area contributed by atoms with Crippen LogP contribution in [0.5, 0.6) is 0 Å². The summed E-state index contributed by atoms with van der Waals surface area (Å²) in [5.74, 6) is 1.43. The smallest absolute Gasteiger partial charge is 0.251 e. The number of hydrogen-bond donors (Lipinski definition) is 1. The average molecular weight is 412 g/mol. The summed E-state index contributed by atoms with van der Waals surface area (Å²) < 4.78 is 15.9. The highest BCUT2D eigenvalue weighted by molar-refractivity contribution is 6.30. The summed E-state index contributed by atoms with van der Waals surface area (Å²) in [6.45, 7) is 2.13. The Balaban J connectivity index is 1.24. The van der Waals surface area contributed by atoms with Crippen LogP contribution in [0.2, 0.25) is 5.02 Å². The van der Waals surface area contributed by atoms with Gasteiger partial charge in [0.2, 0.25) is 0 Å². The molecule has 0 spiro atoms. The van der Waals surface area contributed by atoms with E-state index in [2.05, 4.69) is 17.3 Å². The third-order valence-electron chi connectivity index (χ3n) is 6.69. The number of halogens is 2. The second-order valence-corrected chi connectivity index (χ2v) is 8.75. The maximum Gasteiger partial charge on any atom is 0.251 e. The van der Waals surface area contributed by atoms with Gasteiger partial charge in [0, 0.05) is 28.2 Å². The van der Waals surface area contributed by atoms with Gasteiger partial charge in [-0.3, -0.25) is 9.48 Å². The molecule has 4 nitrogen and oxygen atoms in total. The van der Waals surface area contributed by atoms with Gasteiger partial charge in [-0.05, 0) is 67.3 Å². The Hall–Kier alpha value is -2.40. The first kappa shape index (κ1) is 18.6. The third-order valence-corrected chi connectivity index (χ3v) is 6.94. The summed E-state index contributed by atoms with van der Waals surface area (Å²) in [5.41, 5.74) is 1.09. The summed E-state index contributed by atoms with van der Waals surface area (Å²) in [7, 11) is 0. The fourth-order valence-corrected chi connectivity index (χ4v) is 5.34. The molecule has 3 aromatic rings. The van der Waals surface area contributed by atoms with Crippen molar-refractivity contribution in [1.29, 1.82) is 0 Å². The molecule has 1 heterocycles. The second kappa shape index (κ2) is 7.13. The van der Waals surface area contributed by atoms with Crippen LogP contribution in [-0.2, 0) is 0 Å². The zero-order valence-corrected chi connectivity index (χ0v) is 16.9. The number of benzene rings is 2. The molecular formula is C23H23ClFN3O. The summed E-state index contributed by atoms with van der Waals surface area (Å²) in [6, 6.07) is 12.6. The van der Waals surface area contributed by atoms with Crippen molar-refractivity contribution in [2.75, 3.05) is 0 Å². The zero-order chi connectivity index (χ0) is 20.1. The summed E-state index contributed by atoms with van der Waals surface area (Å²) in [4.78, 5) is 12.6. The molecule has 0 saturated heterocycles. The highest BCUT2D eigenvalue weighted by atomic mass is 35.5. The van der Waals surface area contributed by atoms with Crippen LogP contribution in [-0.4, -0.2) is 21.7 Å². The molecule has 5 atom stereocenters. The van der Waals surface area contributed by atoms with Crippen molar-refractivity contribution in [2.24, 2.45) is 17.8 Å². The molecule has 1 aromatic heterocycles. The predicted molar refractivity (Wildman–Crippen MR) is 111 cm³/mol. The van der Waals surface area contributed by atoms with E-state index in [1.807, 2.05) is 16.9 Å². The van der Waals surface area contributed by atoms with Crippen LogP contribution < -0.4 is 5.32 Å². The first-order chi connectivity index (χ1) is 14.0. The van der Waals surface area contributed by atoms with E-state index < -0.39 is 0 Å². The van der Waals surface area contributed by atoms with Crippen LogP contribution in [0, 0.1) is 23.6 Å². The lowest BCUT2D eigenvalue weighted by atomic mass is 9.99. The minimum Gasteiger partial charge on any atom is -0.349 e. The van der Waals surface area contributed by atoms with Gasteiger partial charge in [-0.2, -0.15) is 5.10 Å². The van der Waals surface area contributed by atoms with Crippen molar-refractivity contribution in [3.63, 3.8) is 0 Å². The molecule has 3 unspecified atom stereocenters. The van der Waals surface area contributed by atoms with Gasteiger partial charge in [0.1, 0.15) is 5.52 Å². The quantitative estimate of drug-likeness (QED) is 0.624.